The van der Waals surface area contributed by atoms with E-state index in [-0.39, 0.29) is 5.75 Å². The van der Waals surface area contributed by atoms with Gasteiger partial charge in [-0.3, -0.25) is 4.98 Å². The zero-order valence-corrected chi connectivity index (χ0v) is 16.4. The highest BCUT2D eigenvalue weighted by Crippen LogP contribution is 2.37. The molecule has 147 valence electrons. The molecule has 0 aliphatic heterocycles. The first-order chi connectivity index (χ1) is 13.7. The van der Waals surface area contributed by atoms with E-state index in [1.807, 2.05) is 6.07 Å². The number of benzene rings is 2. The van der Waals surface area contributed by atoms with Crippen LogP contribution >= 0.6 is 0 Å². The predicted octanol–water partition coefficient (Wildman–Crippen LogP) is 4.70. The second-order valence-corrected chi connectivity index (χ2v) is 6.16. The van der Waals surface area contributed by atoms with Gasteiger partial charge in [0.1, 0.15) is 12.4 Å². The number of fused-ring (bicyclic) bond motifs is 1. The van der Waals surface area contributed by atoms with Crippen LogP contribution < -0.4 is 14.2 Å². The summed E-state index contributed by atoms with van der Waals surface area (Å²) in [6, 6.07) is 12.4. The van der Waals surface area contributed by atoms with Gasteiger partial charge in [-0.1, -0.05) is 19.9 Å². The zero-order valence-electron chi connectivity index (χ0n) is 16.4. The van der Waals surface area contributed by atoms with Gasteiger partial charge in [0.15, 0.2) is 23.1 Å². The molecule has 6 heteroatoms. The van der Waals surface area contributed by atoms with Crippen LogP contribution in [0.25, 0.3) is 10.9 Å². The number of likely N-dealkylation sites (N-methyl/N-ethyl adjacent to an activating group) is 1. The molecule has 0 fully saturated rings. The van der Waals surface area contributed by atoms with Crippen molar-refractivity contribution in [1.29, 1.82) is 0 Å². The number of nitrogens with zero attached hydrogens (tertiary/aromatic N) is 2. The molecule has 0 aliphatic carbocycles. The third kappa shape index (κ3) is 4.51. The number of methoxy groups -OCH3 is 1. The first-order valence-electron chi connectivity index (χ1n) is 9.31. The highest BCUT2D eigenvalue weighted by molar-refractivity contribution is 5.88. The fraction of sp³-hybridized carbons (Fsp3) is 0.318. The summed E-state index contributed by atoms with van der Waals surface area (Å²) in [6.07, 6.45) is 1.62. The Kier molecular flexibility index (Phi) is 6.66. The third-order valence-electron chi connectivity index (χ3n) is 4.54. The fourth-order valence-electron chi connectivity index (χ4n) is 2.91. The molecule has 0 atom stereocenters. The molecule has 3 aromatic rings. The molecule has 0 N–H and O–H groups in total. The van der Waals surface area contributed by atoms with Crippen LogP contribution in [0.3, 0.4) is 0 Å². The number of aromatic nitrogens is 1. The molecule has 1 radical (unpaired) electrons. The van der Waals surface area contributed by atoms with E-state index in [4.69, 9.17) is 14.2 Å². The lowest BCUT2D eigenvalue weighted by molar-refractivity contribution is 0.217. The second-order valence-electron chi connectivity index (χ2n) is 6.16. The van der Waals surface area contributed by atoms with E-state index >= 15 is 0 Å². The van der Waals surface area contributed by atoms with E-state index in [0.29, 0.717) is 34.8 Å². The van der Waals surface area contributed by atoms with Crippen LogP contribution in [-0.4, -0.2) is 43.2 Å². The Morgan fingerprint density at radius 1 is 1.07 bits per heavy atom. The average Bonchev–Trinajstić information content (AvgIpc) is 2.72. The quantitative estimate of drug-likeness (QED) is 0.536. The van der Waals surface area contributed by atoms with E-state index in [1.165, 1.54) is 12.1 Å². The number of ether oxygens (including phenoxy) is 3. The summed E-state index contributed by atoms with van der Waals surface area (Å²) >= 11 is 0. The lowest BCUT2D eigenvalue weighted by Gasteiger charge is -2.19. The monoisotopic (exact) mass is 383 g/mol. The molecule has 0 spiro atoms. The highest BCUT2D eigenvalue weighted by Gasteiger charge is 2.13. The first kappa shape index (κ1) is 19.9. The minimum absolute atomic E-state index is 0.129. The minimum atomic E-state index is -0.476. The molecular formula is C22H24FN2O3. The standard InChI is InChI=1S/C22H24FN2O3/c1-4-25(5-2)12-13-27-22-15-18-16(14-21(22)26-3)19(10-11-24-18)28-20-9-7-6-8-17(20)23/h7-11,14-15H,4-5,12-13H2,1-3H3. The van der Waals surface area contributed by atoms with Crippen molar-refractivity contribution < 1.29 is 18.6 Å². The molecule has 2 aromatic carbocycles. The van der Waals surface area contributed by atoms with Gasteiger partial charge in [0.05, 0.1) is 12.6 Å². The molecule has 0 saturated carbocycles. The van der Waals surface area contributed by atoms with Crippen LogP contribution in [0.5, 0.6) is 23.0 Å². The molecule has 1 heterocycles. The molecule has 3 rings (SSSR count). The summed E-state index contributed by atoms with van der Waals surface area (Å²) in [5.41, 5.74) is 0.680. The Labute approximate surface area is 164 Å². The van der Waals surface area contributed by atoms with Crippen molar-refractivity contribution >= 4 is 10.9 Å². The van der Waals surface area contributed by atoms with Gasteiger partial charge in [0.25, 0.3) is 0 Å². The van der Waals surface area contributed by atoms with E-state index in [0.717, 1.165) is 19.6 Å². The molecule has 0 aliphatic rings. The van der Waals surface area contributed by atoms with Gasteiger partial charge in [0, 0.05) is 24.2 Å². The molecule has 5 nitrogen and oxygen atoms in total. The van der Waals surface area contributed by atoms with Crippen molar-refractivity contribution in [2.45, 2.75) is 13.8 Å². The van der Waals surface area contributed by atoms with Gasteiger partial charge < -0.3 is 19.1 Å². The van der Waals surface area contributed by atoms with Crippen LogP contribution in [-0.2, 0) is 0 Å². The van der Waals surface area contributed by atoms with Gasteiger partial charge in [0.2, 0.25) is 0 Å². The molecule has 0 unspecified atom stereocenters. The molecule has 0 amide bonds. The number of pyridine rings is 1. The minimum Gasteiger partial charge on any atom is -0.493 e. The highest BCUT2D eigenvalue weighted by atomic mass is 19.1. The molecular weight excluding hydrogens is 359 g/mol. The lowest BCUT2D eigenvalue weighted by Crippen LogP contribution is -2.27. The lowest BCUT2D eigenvalue weighted by atomic mass is 10.2. The van der Waals surface area contributed by atoms with E-state index in [2.05, 4.69) is 29.8 Å². The van der Waals surface area contributed by atoms with Crippen LogP contribution in [0.1, 0.15) is 13.8 Å². The smallest absolute Gasteiger partial charge is 0.166 e. The maximum absolute atomic E-state index is 13.9. The van der Waals surface area contributed by atoms with Crippen molar-refractivity contribution in [2.75, 3.05) is 33.4 Å². The molecule has 0 bridgehead atoms. The largest absolute Gasteiger partial charge is 0.493 e. The summed E-state index contributed by atoms with van der Waals surface area (Å²) in [6.45, 7) is 7.58. The summed E-state index contributed by atoms with van der Waals surface area (Å²) in [5.74, 6) is 1.34. The van der Waals surface area contributed by atoms with Crippen molar-refractivity contribution in [2.24, 2.45) is 0 Å². The number of hydrogen-bond acceptors (Lipinski definition) is 5. The number of hydrogen-bond donors (Lipinski definition) is 0. The van der Waals surface area contributed by atoms with Crippen molar-refractivity contribution in [3.8, 4) is 23.0 Å². The normalized spacial score (nSPS) is 11.0. The SMILES string of the molecule is CCN(CC)CCOc1cc2nccc(Oc3cc[c]cc3F)c2cc1OC. The predicted molar refractivity (Wildman–Crippen MR) is 107 cm³/mol. The third-order valence-corrected chi connectivity index (χ3v) is 4.54. The topological polar surface area (TPSA) is 43.8 Å². The van der Waals surface area contributed by atoms with Crippen LogP contribution in [0, 0.1) is 11.9 Å². The summed E-state index contributed by atoms with van der Waals surface area (Å²) in [4.78, 5) is 6.67. The van der Waals surface area contributed by atoms with Crippen molar-refractivity contribution in [3.05, 3.63) is 54.5 Å². The first-order valence-corrected chi connectivity index (χ1v) is 9.31. The summed E-state index contributed by atoms with van der Waals surface area (Å²) in [7, 11) is 1.59. The van der Waals surface area contributed by atoms with Gasteiger partial charge in [-0.05, 0) is 43.4 Å². The summed E-state index contributed by atoms with van der Waals surface area (Å²) in [5, 5.41) is 0.711. The maximum Gasteiger partial charge on any atom is 0.166 e. The van der Waals surface area contributed by atoms with E-state index in [1.54, 1.807) is 31.5 Å². The Morgan fingerprint density at radius 2 is 1.89 bits per heavy atom. The Bertz CT molecular complexity index is 929. The summed E-state index contributed by atoms with van der Waals surface area (Å²) < 4.78 is 31.1. The average molecular weight is 383 g/mol. The Morgan fingerprint density at radius 3 is 2.61 bits per heavy atom. The Hall–Kier alpha value is -2.86. The van der Waals surface area contributed by atoms with Crippen LogP contribution in [0.2, 0.25) is 0 Å². The van der Waals surface area contributed by atoms with Crippen molar-refractivity contribution in [3.63, 3.8) is 0 Å². The van der Waals surface area contributed by atoms with Crippen LogP contribution in [0.15, 0.2) is 42.6 Å². The molecule has 1 aromatic heterocycles. The van der Waals surface area contributed by atoms with Crippen LogP contribution in [0.4, 0.5) is 4.39 Å². The van der Waals surface area contributed by atoms with Gasteiger partial charge in [-0.15, -0.1) is 0 Å². The van der Waals surface area contributed by atoms with E-state index < -0.39 is 5.82 Å². The van der Waals surface area contributed by atoms with E-state index in [9.17, 15) is 4.39 Å². The Balaban J connectivity index is 1.87. The number of halogens is 1. The van der Waals surface area contributed by atoms with Crippen molar-refractivity contribution in [1.82, 2.24) is 9.88 Å². The maximum atomic E-state index is 13.9. The second kappa shape index (κ2) is 9.37. The van der Waals surface area contributed by atoms with Gasteiger partial charge in [-0.25, -0.2) is 4.39 Å². The fourth-order valence-corrected chi connectivity index (χ4v) is 2.91. The van der Waals surface area contributed by atoms with Gasteiger partial charge in [-0.2, -0.15) is 0 Å². The molecule has 0 saturated heterocycles. The molecule has 28 heavy (non-hydrogen) atoms. The van der Waals surface area contributed by atoms with Gasteiger partial charge >= 0.3 is 0 Å². The zero-order chi connectivity index (χ0) is 19.9. The number of rotatable bonds is 9.